The van der Waals surface area contributed by atoms with Gasteiger partial charge in [0.2, 0.25) is 5.78 Å². The van der Waals surface area contributed by atoms with Gasteiger partial charge in [-0.1, -0.05) is 48.9 Å². The number of thiazole rings is 1. The lowest BCUT2D eigenvalue weighted by Crippen LogP contribution is -2.04. The molecule has 3 nitrogen and oxygen atoms in total. The Bertz CT molecular complexity index is 642. The van der Waals surface area contributed by atoms with Crippen LogP contribution in [0.5, 0.6) is 0 Å². The maximum Gasteiger partial charge on any atom is 0.305 e. The molecule has 1 aromatic carbocycles. The van der Waals surface area contributed by atoms with E-state index in [4.69, 9.17) is 11.6 Å². The summed E-state index contributed by atoms with van der Waals surface area (Å²) in [6, 6.07) is 6.74. The summed E-state index contributed by atoms with van der Waals surface area (Å²) in [5.74, 6) is -0.0633. The topological polar surface area (TPSA) is 49.9 Å². The van der Waals surface area contributed by atoms with Gasteiger partial charge in [0.1, 0.15) is 0 Å². The lowest BCUT2D eigenvalue weighted by Gasteiger charge is -2.05. The second-order valence-corrected chi connectivity index (χ2v) is 5.67. The van der Waals surface area contributed by atoms with Gasteiger partial charge in [-0.2, -0.15) is 0 Å². The van der Waals surface area contributed by atoms with Crippen molar-refractivity contribution in [1.82, 2.24) is 4.98 Å². The number of carbonyl (C=O) groups excluding carboxylic acids is 1. The molecule has 1 heterocycles. The minimum absolute atomic E-state index is 0.0992. The maximum atomic E-state index is 12.3. The van der Waals surface area contributed by atoms with E-state index in [2.05, 4.69) is 4.98 Å². The maximum absolute atomic E-state index is 12.3. The van der Waals surface area contributed by atoms with Crippen LogP contribution in [0.4, 0.5) is 0 Å². The molecule has 1 aromatic heterocycles. The van der Waals surface area contributed by atoms with E-state index in [-0.39, 0.29) is 16.6 Å². The molecule has 0 bridgehead atoms. The Balaban J connectivity index is 2.49. The quantitative estimate of drug-likeness (QED) is 0.876. The number of halogens is 1. The monoisotopic (exact) mass is 281 g/mol. The molecule has 2 rings (SSSR count). The molecule has 1 N–H and O–H groups in total. The van der Waals surface area contributed by atoms with E-state index in [9.17, 15) is 9.59 Å². The summed E-state index contributed by atoms with van der Waals surface area (Å²) in [5.41, 5.74) is 1.19. The third-order valence-corrected chi connectivity index (χ3v) is 3.68. The van der Waals surface area contributed by atoms with Gasteiger partial charge in [0.15, 0.2) is 0 Å². The highest BCUT2D eigenvalue weighted by Gasteiger charge is 2.19. The predicted octanol–water partition coefficient (Wildman–Crippen LogP) is 3.44. The number of H-pyrrole nitrogens is 1. The number of hydrogen-bond acceptors (Lipinski definition) is 3. The average Bonchev–Trinajstić information content (AvgIpc) is 2.70. The van der Waals surface area contributed by atoms with Gasteiger partial charge in [0.05, 0.1) is 4.88 Å². The molecular formula is C13H12ClNO2S. The molecule has 94 valence electrons. The first-order valence-corrected chi connectivity index (χ1v) is 6.71. The number of hydrogen-bond donors (Lipinski definition) is 1. The number of rotatable bonds is 3. The van der Waals surface area contributed by atoms with Crippen molar-refractivity contribution in [3.63, 3.8) is 0 Å². The zero-order valence-electron chi connectivity index (χ0n) is 9.99. The molecule has 18 heavy (non-hydrogen) atoms. The molecule has 0 aliphatic heterocycles. The summed E-state index contributed by atoms with van der Waals surface area (Å²) in [4.78, 5) is 26.7. The van der Waals surface area contributed by atoms with E-state index in [1.54, 1.807) is 24.3 Å². The second-order valence-electron chi connectivity index (χ2n) is 4.25. The Morgan fingerprint density at radius 2 is 2.11 bits per heavy atom. The van der Waals surface area contributed by atoms with Crippen LogP contribution in [0.1, 0.15) is 40.7 Å². The highest BCUT2D eigenvalue weighted by atomic mass is 35.5. The van der Waals surface area contributed by atoms with Crippen molar-refractivity contribution in [3.8, 4) is 0 Å². The summed E-state index contributed by atoms with van der Waals surface area (Å²) in [7, 11) is 0. The van der Waals surface area contributed by atoms with Crippen molar-refractivity contribution in [2.24, 2.45) is 0 Å². The van der Waals surface area contributed by atoms with Crippen molar-refractivity contribution in [2.45, 2.75) is 19.8 Å². The van der Waals surface area contributed by atoms with E-state index in [0.717, 1.165) is 11.3 Å². The van der Waals surface area contributed by atoms with Crippen molar-refractivity contribution < 1.29 is 4.79 Å². The molecule has 0 saturated carbocycles. The van der Waals surface area contributed by atoms with Crippen LogP contribution in [0.2, 0.25) is 5.02 Å². The normalized spacial score (nSPS) is 10.9. The first-order chi connectivity index (χ1) is 8.49. The van der Waals surface area contributed by atoms with E-state index in [1.807, 2.05) is 13.8 Å². The fourth-order valence-electron chi connectivity index (χ4n) is 1.68. The van der Waals surface area contributed by atoms with E-state index in [0.29, 0.717) is 21.2 Å². The van der Waals surface area contributed by atoms with Crippen molar-refractivity contribution in [3.05, 3.63) is 55.1 Å². The lowest BCUT2D eigenvalue weighted by atomic mass is 10.0. The Morgan fingerprint density at radius 3 is 2.72 bits per heavy atom. The van der Waals surface area contributed by atoms with Gasteiger partial charge in [-0.25, -0.2) is 0 Å². The molecule has 5 heteroatoms. The van der Waals surface area contributed by atoms with Crippen LogP contribution in [0.3, 0.4) is 0 Å². The van der Waals surface area contributed by atoms with Crippen LogP contribution in [-0.2, 0) is 0 Å². The highest BCUT2D eigenvalue weighted by molar-refractivity contribution is 7.11. The number of aromatic nitrogens is 1. The number of ketones is 1. The number of benzene rings is 1. The van der Waals surface area contributed by atoms with Crippen LogP contribution < -0.4 is 4.87 Å². The fraction of sp³-hybridized carbons (Fsp3) is 0.231. The van der Waals surface area contributed by atoms with E-state index >= 15 is 0 Å². The van der Waals surface area contributed by atoms with Crippen molar-refractivity contribution in [1.29, 1.82) is 0 Å². The third kappa shape index (κ3) is 2.54. The third-order valence-electron chi connectivity index (χ3n) is 2.55. The fourth-order valence-corrected chi connectivity index (χ4v) is 2.82. The van der Waals surface area contributed by atoms with Crippen LogP contribution >= 0.6 is 22.9 Å². The van der Waals surface area contributed by atoms with Crippen LogP contribution in [-0.4, -0.2) is 10.8 Å². The standard InChI is InChI=1S/C13H12ClNO2S/c1-7(2)10-12(18-13(17)15-10)11(16)8-4-3-5-9(14)6-8/h3-7H,1-2H3,(H,15,17). The lowest BCUT2D eigenvalue weighted by molar-refractivity contribution is 0.104. The molecule has 0 saturated heterocycles. The number of carbonyl (C=O) groups is 1. The summed E-state index contributed by atoms with van der Waals surface area (Å²) in [5, 5.41) is 0.509. The molecule has 0 unspecified atom stereocenters. The Hall–Kier alpha value is -1.39. The predicted molar refractivity (Wildman–Crippen MR) is 73.9 cm³/mol. The smallest absolute Gasteiger partial charge is 0.305 e. The van der Waals surface area contributed by atoms with Crippen molar-refractivity contribution >= 4 is 28.7 Å². The highest BCUT2D eigenvalue weighted by Crippen LogP contribution is 2.23. The summed E-state index contributed by atoms with van der Waals surface area (Å²) in [6.07, 6.45) is 0. The number of aromatic amines is 1. The minimum atomic E-state index is -0.205. The van der Waals surface area contributed by atoms with Gasteiger partial charge in [-0.15, -0.1) is 0 Å². The molecule has 0 aliphatic carbocycles. The van der Waals surface area contributed by atoms with Gasteiger partial charge in [-0.3, -0.25) is 9.59 Å². The largest absolute Gasteiger partial charge is 0.316 e. The molecule has 0 radical (unpaired) electrons. The van der Waals surface area contributed by atoms with Gasteiger partial charge < -0.3 is 4.98 Å². The summed E-state index contributed by atoms with van der Waals surface area (Å²) in [6.45, 7) is 3.87. The van der Waals surface area contributed by atoms with Crippen LogP contribution in [0.25, 0.3) is 0 Å². The second kappa shape index (κ2) is 5.08. The molecule has 0 atom stereocenters. The van der Waals surface area contributed by atoms with Gasteiger partial charge in [0, 0.05) is 16.3 Å². The molecule has 2 aromatic rings. The zero-order chi connectivity index (χ0) is 13.3. The van der Waals surface area contributed by atoms with Crippen molar-refractivity contribution in [2.75, 3.05) is 0 Å². The van der Waals surface area contributed by atoms with Crippen LogP contribution in [0, 0.1) is 0 Å². The molecule has 0 spiro atoms. The van der Waals surface area contributed by atoms with Gasteiger partial charge in [0.25, 0.3) is 0 Å². The molecule has 0 aliphatic rings. The SMILES string of the molecule is CC(C)c1[nH]c(=O)sc1C(=O)c1cccc(Cl)c1. The van der Waals surface area contributed by atoms with E-state index < -0.39 is 0 Å². The first-order valence-electron chi connectivity index (χ1n) is 5.52. The van der Waals surface area contributed by atoms with Crippen LogP contribution in [0.15, 0.2) is 29.1 Å². The first kappa shape index (κ1) is 13.1. The Morgan fingerprint density at radius 1 is 1.39 bits per heavy atom. The zero-order valence-corrected chi connectivity index (χ0v) is 11.6. The van der Waals surface area contributed by atoms with E-state index in [1.165, 1.54) is 0 Å². The Labute approximate surface area is 113 Å². The van der Waals surface area contributed by atoms with Gasteiger partial charge >= 0.3 is 4.87 Å². The average molecular weight is 282 g/mol. The minimum Gasteiger partial charge on any atom is -0.316 e. The van der Waals surface area contributed by atoms with Gasteiger partial charge in [-0.05, 0) is 18.1 Å². The summed E-state index contributed by atoms with van der Waals surface area (Å²) >= 11 is 6.81. The number of nitrogens with one attached hydrogen (secondary N) is 1. The molecular weight excluding hydrogens is 270 g/mol. The molecule has 0 amide bonds. The molecule has 0 fully saturated rings. The summed E-state index contributed by atoms with van der Waals surface area (Å²) < 4.78 is 0. The Kier molecular flexibility index (Phi) is 3.68.